The highest BCUT2D eigenvalue weighted by Gasteiger charge is 2.13. The first-order chi connectivity index (χ1) is 11.7. The van der Waals surface area contributed by atoms with Crippen LogP contribution in [-0.4, -0.2) is 40.6 Å². The van der Waals surface area contributed by atoms with Crippen LogP contribution in [0.4, 0.5) is 0 Å². The molecule has 1 aromatic heterocycles. The van der Waals surface area contributed by atoms with E-state index in [0.29, 0.717) is 11.7 Å². The molecule has 8 heteroatoms. The second kappa shape index (κ2) is 9.50. The monoisotopic (exact) mass is 365 g/mol. The molecule has 136 valence electrons. The molecular weight excluding hydrogens is 342 g/mol. The Kier molecular flexibility index (Phi) is 7.36. The van der Waals surface area contributed by atoms with Gasteiger partial charge in [0.2, 0.25) is 17.6 Å². The molecule has 1 amide bonds. The van der Waals surface area contributed by atoms with Crippen LogP contribution in [0.5, 0.6) is 0 Å². The fourth-order valence-electron chi connectivity index (χ4n) is 2.87. The number of rotatable bonds is 6. The van der Waals surface area contributed by atoms with Gasteiger partial charge in [0, 0.05) is 12.1 Å². The maximum atomic E-state index is 11.2. The van der Waals surface area contributed by atoms with E-state index in [9.17, 15) is 4.79 Å². The number of likely N-dealkylation sites (tertiary alicyclic amines) is 1. The van der Waals surface area contributed by atoms with Crippen molar-refractivity contribution in [3.8, 4) is 11.4 Å². The Morgan fingerprint density at radius 3 is 2.84 bits per heavy atom. The third kappa shape index (κ3) is 5.52. The summed E-state index contributed by atoms with van der Waals surface area (Å²) in [6.45, 7) is 3.41. The van der Waals surface area contributed by atoms with Crippen molar-refractivity contribution in [2.75, 3.05) is 19.6 Å². The lowest BCUT2D eigenvalue weighted by Gasteiger charge is -2.26. The molecule has 25 heavy (non-hydrogen) atoms. The van der Waals surface area contributed by atoms with Crippen molar-refractivity contribution in [2.24, 2.45) is 5.73 Å². The molecule has 3 rings (SSSR count). The zero-order valence-electron chi connectivity index (χ0n) is 14.1. The van der Waals surface area contributed by atoms with Crippen LogP contribution >= 0.6 is 12.4 Å². The average molecular weight is 366 g/mol. The second-order valence-electron chi connectivity index (χ2n) is 6.03. The largest absolute Gasteiger partial charge is 0.346 e. The number of nitrogens with one attached hydrogen (secondary N) is 1. The summed E-state index contributed by atoms with van der Waals surface area (Å²) in [4.78, 5) is 18.0. The number of amides is 1. The molecule has 0 radical (unpaired) electrons. The van der Waals surface area contributed by atoms with Crippen LogP contribution in [-0.2, 0) is 17.9 Å². The SMILES string of the molecule is Cl.NCC(=O)NCc1nc(-c2cccc(CN3CCCCC3)c2)no1. The lowest BCUT2D eigenvalue weighted by molar-refractivity contribution is -0.120. The molecular formula is C17H24ClN5O2. The highest BCUT2D eigenvalue weighted by atomic mass is 35.5. The Hall–Kier alpha value is -1.96. The van der Waals surface area contributed by atoms with Gasteiger partial charge in [-0.2, -0.15) is 4.98 Å². The lowest BCUT2D eigenvalue weighted by atomic mass is 10.1. The van der Waals surface area contributed by atoms with E-state index >= 15 is 0 Å². The Morgan fingerprint density at radius 2 is 2.08 bits per heavy atom. The van der Waals surface area contributed by atoms with Crippen LogP contribution in [0.1, 0.15) is 30.7 Å². The van der Waals surface area contributed by atoms with E-state index in [1.165, 1.54) is 24.8 Å². The topological polar surface area (TPSA) is 97.3 Å². The van der Waals surface area contributed by atoms with Gasteiger partial charge in [0.15, 0.2) is 0 Å². The highest BCUT2D eigenvalue weighted by Crippen LogP contribution is 2.19. The normalized spacial score (nSPS) is 14.8. The molecule has 1 aromatic carbocycles. The Balaban J connectivity index is 0.00000225. The zero-order chi connectivity index (χ0) is 16.8. The molecule has 1 fully saturated rings. The standard InChI is InChI=1S/C17H23N5O2.ClH/c18-10-15(23)19-11-16-20-17(21-24-16)14-6-4-5-13(9-14)12-22-7-2-1-3-8-22;/h4-6,9H,1-3,7-8,10-12,18H2,(H,19,23);1H. The van der Waals surface area contributed by atoms with E-state index in [1.54, 1.807) is 0 Å². The summed E-state index contributed by atoms with van der Waals surface area (Å²) in [7, 11) is 0. The van der Waals surface area contributed by atoms with Crippen LogP contribution in [0, 0.1) is 0 Å². The summed E-state index contributed by atoms with van der Waals surface area (Å²) in [5.41, 5.74) is 7.41. The van der Waals surface area contributed by atoms with Gasteiger partial charge in [0.05, 0.1) is 13.1 Å². The van der Waals surface area contributed by atoms with Gasteiger partial charge in [-0.3, -0.25) is 9.69 Å². The van der Waals surface area contributed by atoms with Crippen molar-refractivity contribution < 1.29 is 9.32 Å². The van der Waals surface area contributed by atoms with Gasteiger partial charge in [-0.25, -0.2) is 0 Å². The van der Waals surface area contributed by atoms with Crippen molar-refractivity contribution in [3.05, 3.63) is 35.7 Å². The van der Waals surface area contributed by atoms with E-state index in [1.807, 2.05) is 12.1 Å². The molecule has 0 atom stereocenters. The molecule has 3 N–H and O–H groups in total. The third-order valence-corrected chi connectivity index (χ3v) is 4.13. The summed E-state index contributed by atoms with van der Waals surface area (Å²) in [6, 6.07) is 8.20. The van der Waals surface area contributed by atoms with Crippen molar-refractivity contribution in [1.29, 1.82) is 0 Å². The molecule has 1 aliphatic rings. The number of benzene rings is 1. The Labute approximate surface area is 153 Å². The number of hydrogen-bond donors (Lipinski definition) is 2. The van der Waals surface area contributed by atoms with Crippen molar-refractivity contribution in [3.63, 3.8) is 0 Å². The summed E-state index contributed by atoms with van der Waals surface area (Å²) in [6.07, 6.45) is 3.90. The first kappa shape index (κ1) is 19.4. The van der Waals surface area contributed by atoms with Crippen LogP contribution < -0.4 is 11.1 Å². The fourth-order valence-corrected chi connectivity index (χ4v) is 2.87. The number of carbonyl (C=O) groups excluding carboxylic acids is 1. The summed E-state index contributed by atoms with van der Waals surface area (Å²) < 4.78 is 5.18. The van der Waals surface area contributed by atoms with Crippen molar-refractivity contribution in [2.45, 2.75) is 32.4 Å². The molecule has 0 saturated carbocycles. The first-order valence-electron chi connectivity index (χ1n) is 8.35. The molecule has 0 bridgehead atoms. The molecule has 1 saturated heterocycles. The lowest BCUT2D eigenvalue weighted by Crippen LogP contribution is -2.29. The maximum Gasteiger partial charge on any atom is 0.246 e. The van der Waals surface area contributed by atoms with Crippen LogP contribution in [0.15, 0.2) is 28.8 Å². The maximum absolute atomic E-state index is 11.2. The molecule has 2 aromatic rings. The molecule has 0 aliphatic carbocycles. The van der Waals surface area contributed by atoms with Crippen LogP contribution in [0.25, 0.3) is 11.4 Å². The van der Waals surface area contributed by atoms with Crippen molar-refractivity contribution in [1.82, 2.24) is 20.4 Å². The summed E-state index contributed by atoms with van der Waals surface area (Å²) in [5, 5.41) is 6.61. The zero-order valence-corrected chi connectivity index (χ0v) is 14.9. The van der Waals surface area contributed by atoms with Gasteiger partial charge in [-0.1, -0.05) is 29.8 Å². The molecule has 0 unspecified atom stereocenters. The number of halogens is 1. The van der Waals surface area contributed by atoms with E-state index in [4.69, 9.17) is 10.3 Å². The van der Waals surface area contributed by atoms with Gasteiger partial charge in [0.25, 0.3) is 0 Å². The molecule has 1 aliphatic heterocycles. The quantitative estimate of drug-likeness (QED) is 0.809. The van der Waals surface area contributed by atoms with Crippen LogP contribution in [0.3, 0.4) is 0 Å². The van der Waals surface area contributed by atoms with Gasteiger partial charge in [-0.15, -0.1) is 12.4 Å². The minimum atomic E-state index is -0.252. The Morgan fingerprint density at radius 1 is 1.28 bits per heavy atom. The van der Waals surface area contributed by atoms with Gasteiger partial charge in [0.1, 0.15) is 0 Å². The highest BCUT2D eigenvalue weighted by molar-refractivity contribution is 5.85. The minimum absolute atomic E-state index is 0. The second-order valence-corrected chi connectivity index (χ2v) is 6.03. The summed E-state index contributed by atoms with van der Waals surface area (Å²) in [5.74, 6) is 0.652. The fraction of sp³-hybridized carbons (Fsp3) is 0.471. The molecule has 7 nitrogen and oxygen atoms in total. The van der Waals surface area contributed by atoms with Gasteiger partial charge < -0.3 is 15.6 Å². The molecule has 2 heterocycles. The number of nitrogens with two attached hydrogens (primary N) is 1. The molecule has 0 spiro atoms. The minimum Gasteiger partial charge on any atom is -0.346 e. The Bertz CT molecular complexity index is 685. The third-order valence-electron chi connectivity index (χ3n) is 4.13. The van der Waals surface area contributed by atoms with Gasteiger partial charge in [-0.05, 0) is 37.6 Å². The number of piperidine rings is 1. The average Bonchev–Trinajstić information content (AvgIpc) is 3.10. The van der Waals surface area contributed by atoms with Crippen LogP contribution in [0.2, 0.25) is 0 Å². The number of hydrogen-bond acceptors (Lipinski definition) is 6. The predicted molar refractivity (Wildman–Crippen MR) is 97.0 cm³/mol. The van der Waals surface area contributed by atoms with E-state index in [2.05, 4.69) is 32.5 Å². The smallest absolute Gasteiger partial charge is 0.246 e. The van der Waals surface area contributed by atoms with E-state index in [-0.39, 0.29) is 31.4 Å². The number of aromatic nitrogens is 2. The predicted octanol–water partition coefficient (Wildman–Crippen LogP) is 1.72. The van der Waals surface area contributed by atoms with Crippen molar-refractivity contribution >= 4 is 18.3 Å². The summed E-state index contributed by atoms with van der Waals surface area (Å²) >= 11 is 0. The number of nitrogens with zero attached hydrogens (tertiary/aromatic N) is 3. The van der Waals surface area contributed by atoms with E-state index < -0.39 is 0 Å². The van der Waals surface area contributed by atoms with E-state index in [0.717, 1.165) is 25.2 Å². The first-order valence-corrected chi connectivity index (χ1v) is 8.35. The van der Waals surface area contributed by atoms with Gasteiger partial charge >= 0.3 is 0 Å². The number of carbonyl (C=O) groups is 1.